The Morgan fingerprint density at radius 3 is 2.50 bits per heavy atom. The number of carbonyl (C=O) groups excluding carboxylic acids is 1. The number of rotatable bonds is 6. The van der Waals surface area contributed by atoms with Gasteiger partial charge in [-0.25, -0.2) is 0 Å². The molecule has 0 saturated carbocycles. The Balaban J connectivity index is 2.25. The zero-order chi connectivity index (χ0) is 17.1. The van der Waals surface area contributed by atoms with Crippen molar-refractivity contribution in [2.24, 2.45) is 0 Å². The molecule has 0 bridgehead atoms. The standard InChI is InChI=1S/C21H23NO2/c1-4-6-16-8-10-21(24-3)19(11-16)18-12-17-9-7-15(5-2)13-22(17)20(18)14-23/h7-14H,4-6H2,1-3H3. The van der Waals surface area contributed by atoms with Crippen LogP contribution in [-0.2, 0) is 12.8 Å². The number of carbonyl (C=O) groups is 1. The zero-order valence-corrected chi connectivity index (χ0v) is 14.5. The molecule has 3 nitrogen and oxygen atoms in total. The van der Waals surface area contributed by atoms with Gasteiger partial charge >= 0.3 is 0 Å². The summed E-state index contributed by atoms with van der Waals surface area (Å²) in [5.41, 5.74) is 6.06. The van der Waals surface area contributed by atoms with E-state index in [-0.39, 0.29) is 0 Å². The van der Waals surface area contributed by atoms with Crippen molar-refractivity contribution < 1.29 is 9.53 Å². The Hall–Kier alpha value is -2.55. The zero-order valence-electron chi connectivity index (χ0n) is 14.5. The first kappa shape index (κ1) is 16.3. The molecular formula is C21H23NO2. The Morgan fingerprint density at radius 1 is 1.04 bits per heavy atom. The first-order valence-electron chi connectivity index (χ1n) is 8.48. The van der Waals surface area contributed by atoms with E-state index in [1.165, 1.54) is 11.1 Å². The molecular weight excluding hydrogens is 298 g/mol. The molecule has 0 aliphatic heterocycles. The van der Waals surface area contributed by atoms with E-state index in [1.807, 2.05) is 16.7 Å². The molecule has 0 unspecified atom stereocenters. The monoisotopic (exact) mass is 321 g/mol. The van der Waals surface area contributed by atoms with Crippen LogP contribution in [0.15, 0.2) is 42.6 Å². The summed E-state index contributed by atoms with van der Waals surface area (Å²) in [5.74, 6) is 0.796. The van der Waals surface area contributed by atoms with Crippen molar-refractivity contribution in [2.45, 2.75) is 33.1 Å². The number of aromatic nitrogens is 1. The van der Waals surface area contributed by atoms with Gasteiger partial charge in [0.1, 0.15) is 5.75 Å². The number of hydrogen-bond acceptors (Lipinski definition) is 2. The van der Waals surface area contributed by atoms with Crippen molar-refractivity contribution in [1.82, 2.24) is 4.40 Å². The van der Waals surface area contributed by atoms with Crippen molar-refractivity contribution in [3.05, 3.63) is 59.4 Å². The largest absolute Gasteiger partial charge is 0.496 e. The number of fused-ring (bicyclic) bond motifs is 1. The second kappa shape index (κ2) is 6.91. The summed E-state index contributed by atoms with van der Waals surface area (Å²) < 4.78 is 7.53. The van der Waals surface area contributed by atoms with Gasteiger partial charge in [-0.15, -0.1) is 0 Å². The van der Waals surface area contributed by atoms with Crippen molar-refractivity contribution in [3.8, 4) is 16.9 Å². The smallest absolute Gasteiger partial charge is 0.167 e. The highest BCUT2D eigenvalue weighted by atomic mass is 16.5. The molecule has 0 saturated heterocycles. The maximum atomic E-state index is 11.8. The summed E-state index contributed by atoms with van der Waals surface area (Å²) >= 11 is 0. The van der Waals surface area contributed by atoms with E-state index in [0.29, 0.717) is 5.69 Å². The van der Waals surface area contributed by atoms with Crippen molar-refractivity contribution in [1.29, 1.82) is 0 Å². The molecule has 0 amide bonds. The molecule has 0 fully saturated rings. The number of ether oxygens (including phenoxy) is 1. The molecule has 2 heterocycles. The Kier molecular flexibility index (Phi) is 4.70. The van der Waals surface area contributed by atoms with Gasteiger partial charge in [0.25, 0.3) is 0 Å². The third-order valence-corrected chi connectivity index (χ3v) is 4.48. The van der Waals surface area contributed by atoms with E-state index in [4.69, 9.17) is 4.74 Å². The van der Waals surface area contributed by atoms with Crippen molar-refractivity contribution >= 4 is 11.8 Å². The third kappa shape index (κ3) is 2.82. The van der Waals surface area contributed by atoms with Crippen LogP contribution in [0.25, 0.3) is 16.6 Å². The average Bonchev–Trinajstić information content (AvgIpc) is 2.99. The molecule has 24 heavy (non-hydrogen) atoms. The molecule has 0 radical (unpaired) electrons. The van der Waals surface area contributed by atoms with Gasteiger partial charge in [0.05, 0.1) is 12.8 Å². The fraction of sp³-hybridized carbons (Fsp3) is 0.286. The summed E-state index contributed by atoms with van der Waals surface area (Å²) in [5, 5.41) is 0. The van der Waals surface area contributed by atoms with E-state index < -0.39 is 0 Å². The summed E-state index contributed by atoms with van der Waals surface area (Å²) in [6, 6.07) is 12.5. The first-order valence-corrected chi connectivity index (χ1v) is 8.48. The molecule has 0 spiro atoms. The molecule has 3 aromatic rings. The van der Waals surface area contributed by atoms with E-state index in [2.05, 4.69) is 44.2 Å². The maximum absolute atomic E-state index is 11.8. The number of aldehydes is 1. The minimum atomic E-state index is 0.673. The second-order valence-corrected chi connectivity index (χ2v) is 6.03. The molecule has 124 valence electrons. The minimum absolute atomic E-state index is 0.673. The molecule has 0 aliphatic rings. The topological polar surface area (TPSA) is 30.7 Å². The van der Waals surface area contributed by atoms with Gasteiger partial charge in [-0.2, -0.15) is 0 Å². The Morgan fingerprint density at radius 2 is 1.83 bits per heavy atom. The van der Waals surface area contributed by atoms with Gasteiger partial charge in [-0.05, 0) is 48.2 Å². The van der Waals surface area contributed by atoms with Gasteiger partial charge < -0.3 is 9.14 Å². The minimum Gasteiger partial charge on any atom is -0.496 e. The summed E-state index contributed by atoms with van der Waals surface area (Å²) in [6.07, 6.45) is 6.03. The predicted molar refractivity (Wildman–Crippen MR) is 98.1 cm³/mol. The van der Waals surface area contributed by atoms with Crippen LogP contribution < -0.4 is 4.74 Å². The van der Waals surface area contributed by atoms with Crippen molar-refractivity contribution in [2.75, 3.05) is 7.11 Å². The fourth-order valence-electron chi connectivity index (χ4n) is 3.19. The van der Waals surface area contributed by atoms with Crippen LogP contribution in [0.5, 0.6) is 5.75 Å². The molecule has 0 aliphatic carbocycles. The predicted octanol–water partition coefficient (Wildman–Crippen LogP) is 4.94. The fourth-order valence-corrected chi connectivity index (χ4v) is 3.19. The summed E-state index contributed by atoms with van der Waals surface area (Å²) in [4.78, 5) is 11.8. The van der Waals surface area contributed by atoms with Crippen LogP contribution in [-0.4, -0.2) is 17.8 Å². The van der Waals surface area contributed by atoms with E-state index in [0.717, 1.165) is 47.9 Å². The second-order valence-electron chi connectivity index (χ2n) is 6.03. The van der Waals surface area contributed by atoms with Gasteiger partial charge in [0.2, 0.25) is 0 Å². The number of nitrogens with zero attached hydrogens (tertiary/aromatic N) is 1. The summed E-state index contributed by atoms with van der Waals surface area (Å²) in [6.45, 7) is 4.28. The highest BCUT2D eigenvalue weighted by molar-refractivity contribution is 5.91. The average molecular weight is 321 g/mol. The maximum Gasteiger partial charge on any atom is 0.167 e. The van der Waals surface area contributed by atoms with E-state index in [9.17, 15) is 4.79 Å². The highest BCUT2D eigenvalue weighted by Gasteiger charge is 2.16. The number of benzene rings is 1. The molecule has 1 aromatic carbocycles. The lowest BCUT2D eigenvalue weighted by Crippen LogP contribution is -1.96. The van der Waals surface area contributed by atoms with Crippen LogP contribution in [0.4, 0.5) is 0 Å². The van der Waals surface area contributed by atoms with Crippen molar-refractivity contribution in [3.63, 3.8) is 0 Å². The number of aryl methyl sites for hydroxylation is 2. The number of pyridine rings is 1. The van der Waals surface area contributed by atoms with E-state index in [1.54, 1.807) is 7.11 Å². The van der Waals surface area contributed by atoms with Gasteiger partial charge in [0.15, 0.2) is 6.29 Å². The number of methoxy groups -OCH3 is 1. The quantitative estimate of drug-likeness (QED) is 0.602. The molecule has 0 N–H and O–H groups in total. The van der Waals surface area contributed by atoms with E-state index >= 15 is 0 Å². The van der Waals surface area contributed by atoms with Crippen LogP contribution in [0.2, 0.25) is 0 Å². The summed E-state index contributed by atoms with van der Waals surface area (Å²) in [7, 11) is 1.67. The molecule has 2 aromatic heterocycles. The third-order valence-electron chi connectivity index (χ3n) is 4.48. The molecule has 3 rings (SSSR count). The lowest BCUT2D eigenvalue weighted by molar-refractivity contribution is 0.111. The lowest BCUT2D eigenvalue weighted by Gasteiger charge is -2.10. The Bertz CT molecular complexity index is 877. The van der Waals surface area contributed by atoms with Gasteiger partial charge in [0, 0.05) is 22.8 Å². The highest BCUT2D eigenvalue weighted by Crippen LogP contribution is 2.35. The van der Waals surface area contributed by atoms with Gasteiger partial charge in [-0.3, -0.25) is 4.79 Å². The molecule has 3 heteroatoms. The van der Waals surface area contributed by atoms with Crippen LogP contribution >= 0.6 is 0 Å². The van der Waals surface area contributed by atoms with Gasteiger partial charge in [-0.1, -0.05) is 32.4 Å². The van der Waals surface area contributed by atoms with Crippen LogP contribution in [0.3, 0.4) is 0 Å². The normalized spacial score (nSPS) is 11.0. The number of hydrogen-bond donors (Lipinski definition) is 0. The lowest BCUT2D eigenvalue weighted by atomic mass is 10.00. The Labute approximate surface area is 142 Å². The molecule has 0 atom stereocenters. The van der Waals surface area contributed by atoms with Crippen LogP contribution in [0, 0.1) is 0 Å². The van der Waals surface area contributed by atoms with Crippen LogP contribution in [0.1, 0.15) is 41.9 Å². The first-order chi connectivity index (χ1) is 11.7. The SMILES string of the molecule is CCCc1ccc(OC)c(-c2cc3ccc(CC)cn3c2C=O)c1.